The number of hydrogen-bond donors (Lipinski definition) is 2. The number of hydrazine groups is 1. The highest BCUT2D eigenvalue weighted by Crippen LogP contribution is 2.24. The highest BCUT2D eigenvalue weighted by Gasteiger charge is 2.31. The van der Waals surface area contributed by atoms with Gasteiger partial charge in [-0.3, -0.25) is 14.0 Å². The van der Waals surface area contributed by atoms with Crippen molar-refractivity contribution in [1.82, 2.24) is 20.2 Å². The summed E-state index contributed by atoms with van der Waals surface area (Å²) in [6.07, 6.45) is 2.28. The molecule has 0 spiro atoms. The number of pyridine rings is 1. The van der Waals surface area contributed by atoms with Gasteiger partial charge < -0.3 is 4.74 Å². The number of nitrogens with one attached hydrogen (secondary N) is 2. The highest BCUT2D eigenvalue weighted by atomic mass is 35.5. The van der Waals surface area contributed by atoms with E-state index in [0.717, 1.165) is 11.1 Å². The summed E-state index contributed by atoms with van der Waals surface area (Å²) in [6.45, 7) is 1.85. The van der Waals surface area contributed by atoms with Crippen molar-refractivity contribution < 1.29 is 9.53 Å². The first kappa shape index (κ1) is 18.6. The van der Waals surface area contributed by atoms with Gasteiger partial charge in [-0.2, -0.15) is 0 Å². The van der Waals surface area contributed by atoms with Crippen LogP contribution in [0.1, 0.15) is 29.3 Å². The summed E-state index contributed by atoms with van der Waals surface area (Å²) in [5, 5.41) is 0.666. The van der Waals surface area contributed by atoms with E-state index < -0.39 is 12.0 Å². The molecule has 2 aromatic heterocycles. The predicted molar refractivity (Wildman–Crippen MR) is 105 cm³/mol. The Balaban J connectivity index is 1.39. The van der Waals surface area contributed by atoms with E-state index in [4.69, 9.17) is 16.3 Å². The fourth-order valence-corrected chi connectivity index (χ4v) is 3.33. The molecule has 1 aromatic carbocycles. The van der Waals surface area contributed by atoms with Gasteiger partial charge in [-0.25, -0.2) is 15.8 Å². The summed E-state index contributed by atoms with van der Waals surface area (Å²) in [7, 11) is 0. The van der Waals surface area contributed by atoms with Crippen molar-refractivity contribution in [2.24, 2.45) is 0 Å². The minimum absolute atomic E-state index is 0.0125. The normalized spacial score (nSPS) is 19.1. The second kappa shape index (κ2) is 7.71. The van der Waals surface area contributed by atoms with E-state index in [-0.39, 0.29) is 18.2 Å². The molecule has 1 aliphatic rings. The lowest BCUT2D eigenvalue weighted by Crippen LogP contribution is -2.37. The topological polar surface area (TPSA) is 84.7 Å². The van der Waals surface area contributed by atoms with Crippen molar-refractivity contribution in [2.45, 2.75) is 32.0 Å². The molecule has 0 bridgehead atoms. The van der Waals surface area contributed by atoms with Crippen molar-refractivity contribution in [3.8, 4) is 0 Å². The molecule has 28 heavy (non-hydrogen) atoms. The molecule has 144 valence electrons. The molecule has 2 atom stereocenters. The average molecular weight is 399 g/mol. The van der Waals surface area contributed by atoms with Crippen LogP contribution < -0.4 is 16.4 Å². The van der Waals surface area contributed by atoms with Gasteiger partial charge in [-0.1, -0.05) is 29.8 Å². The number of hydrogen-bond acceptors (Lipinski definition) is 6. The Hall–Kier alpha value is -2.74. The van der Waals surface area contributed by atoms with Gasteiger partial charge in [0.05, 0.1) is 5.69 Å². The van der Waals surface area contributed by atoms with Crippen LogP contribution in [0.25, 0.3) is 5.65 Å². The van der Waals surface area contributed by atoms with E-state index >= 15 is 0 Å². The maximum Gasteiger partial charge on any atom is 0.324 e. The number of benzene rings is 1. The zero-order valence-electron chi connectivity index (χ0n) is 15.2. The number of aromatic nitrogens is 2. The van der Waals surface area contributed by atoms with Crippen LogP contribution in [0.3, 0.4) is 0 Å². The third kappa shape index (κ3) is 3.91. The smallest absolute Gasteiger partial charge is 0.324 e. The zero-order valence-corrected chi connectivity index (χ0v) is 15.9. The number of nitrogens with zero attached hydrogens (tertiary/aromatic N) is 2. The van der Waals surface area contributed by atoms with Crippen molar-refractivity contribution in [3.05, 3.63) is 80.9 Å². The summed E-state index contributed by atoms with van der Waals surface area (Å²) in [4.78, 5) is 29.0. The number of carbonyl (C=O) groups is 1. The monoisotopic (exact) mass is 398 g/mol. The number of rotatable bonds is 4. The van der Waals surface area contributed by atoms with Gasteiger partial charge in [0.15, 0.2) is 0 Å². The first-order valence-electron chi connectivity index (χ1n) is 8.92. The number of carbonyl (C=O) groups excluding carboxylic acids is 1. The van der Waals surface area contributed by atoms with Crippen LogP contribution in [-0.4, -0.2) is 21.4 Å². The van der Waals surface area contributed by atoms with E-state index in [1.54, 1.807) is 12.3 Å². The van der Waals surface area contributed by atoms with Crippen LogP contribution in [0.4, 0.5) is 0 Å². The number of aryl methyl sites for hydroxylation is 1. The average Bonchev–Trinajstić information content (AvgIpc) is 3.17. The third-order valence-electron chi connectivity index (χ3n) is 4.68. The molecule has 1 saturated heterocycles. The molecule has 2 unspecified atom stereocenters. The summed E-state index contributed by atoms with van der Waals surface area (Å²) < 4.78 is 6.84. The van der Waals surface area contributed by atoms with Crippen LogP contribution in [0, 0.1) is 6.92 Å². The Bertz CT molecular complexity index is 1080. The highest BCUT2D eigenvalue weighted by molar-refractivity contribution is 6.30. The molecule has 3 heterocycles. The third-order valence-corrected chi connectivity index (χ3v) is 4.93. The second-order valence-corrected chi connectivity index (χ2v) is 7.25. The standard InChI is InChI=1S/C20H19ClN4O3/c1-12-2-7-18-22-15(8-19(26)25(18)10-12)11-28-20(27)17-9-16(23-24-17)13-3-5-14(21)6-4-13/h2-8,10,16-17,23-24H,9,11H2,1H3. The second-order valence-electron chi connectivity index (χ2n) is 6.81. The Kier molecular flexibility index (Phi) is 5.13. The molecule has 0 saturated carbocycles. The summed E-state index contributed by atoms with van der Waals surface area (Å²) >= 11 is 5.91. The van der Waals surface area contributed by atoms with Crippen LogP contribution in [0.15, 0.2) is 53.5 Å². The Morgan fingerprint density at radius 3 is 2.82 bits per heavy atom. The van der Waals surface area contributed by atoms with E-state index in [1.807, 2.05) is 37.3 Å². The molecule has 7 nitrogen and oxygen atoms in total. The number of halogens is 1. The van der Waals surface area contributed by atoms with Crippen molar-refractivity contribution >= 4 is 23.2 Å². The molecule has 0 radical (unpaired) electrons. The summed E-state index contributed by atoms with van der Waals surface area (Å²) in [6, 6.07) is 12.0. The van der Waals surface area contributed by atoms with Crippen molar-refractivity contribution in [1.29, 1.82) is 0 Å². The van der Waals surface area contributed by atoms with E-state index in [0.29, 0.717) is 22.8 Å². The van der Waals surface area contributed by atoms with Gasteiger partial charge in [0.2, 0.25) is 0 Å². The Morgan fingerprint density at radius 2 is 2.04 bits per heavy atom. The molecule has 1 fully saturated rings. The van der Waals surface area contributed by atoms with Crippen LogP contribution in [-0.2, 0) is 16.1 Å². The number of fused-ring (bicyclic) bond motifs is 1. The minimum Gasteiger partial charge on any atom is -0.458 e. The molecule has 0 amide bonds. The van der Waals surface area contributed by atoms with Gasteiger partial charge >= 0.3 is 5.97 Å². The van der Waals surface area contributed by atoms with Gasteiger partial charge in [-0.05, 0) is 42.7 Å². The molecule has 4 rings (SSSR count). The van der Waals surface area contributed by atoms with Crippen LogP contribution in [0.2, 0.25) is 5.02 Å². The molecular formula is C20H19ClN4O3. The van der Waals surface area contributed by atoms with Crippen LogP contribution in [0.5, 0.6) is 0 Å². The summed E-state index contributed by atoms with van der Waals surface area (Å²) in [5.74, 6) is -0.394. The minimum atomic E-state index is -0.482. The van der Waals surface area contributed by atoms with E-state index in [9.17, 15) is 9.59 Å². The van der Waals surface area contributed by atoms with E-state index in [1.165, 1.54) is 10.5 Å². The lowest BCUT2D eigenvalue weighted by molar-refractivity contribution is -0.147. The largest absolute Gasteiger partial charge is 0.458 e. The molecular weight excluding hydrogens is 380 g/mol. The fraction of sp³-hybridized carbons (Fsp3) is 0.250. The van der Waals surface area contributed by atoms with Crippen molar-refractivity contribution in [3.63, 3.8) is 0 Å². The van der Waals surface area contributed by atoms with Gasteiger partial charge in [0, 0.05) is 23.3 Å². The van der Waals surface area contributed by atoms with Crippen molar-refractivity contribution in [2.75, 3.05) is 0 Å². The van der Waals surface area contributed by atoms with E-state index in [2.05, 4.69) is 15.8 Å². The Labute approximate surface area is 166 Å². The molecule has 1 aliphatic heterocycles. The lowest BCUT2D eigenvalue weighted by Gasteiger charge is -2.10. The number of esters is 1. The lowest BCUT2D eigenvalue weighted by atomic mass is 10.0. The van der Waals surface area contributed by atoms with Gasteiger partial charge in [0.25, 0.3) is 5.56 Å². The molecule has 2 N–H and O–H groups in total. The maximum absolute atomic E-state index is 12.4. The zero-order chi connectivity index (χ0) is 19.7. The molecule has 8 heteroatoms. The van der Waals surface area contributed by atoms with Gasteiger partial charge in [0.1, 0.15) is 18.3 Å². The first-order chi connectivity index (χ1) is 13.5. The SMILES string of the molecule is Cc1ccc2nc(COC(=O)C3CC(c4ccc(Cl)cc4)NN3)cc(=O)n2c1. The molecule has 3 aromatic rings. The Morgan fingerprint density at radius 1 is 1.25 bits per heavy atom. The fourth-order valence-electron chi connectivity index (χ4n) is 3.20. The predicted octanol–water partition coefficient (Wildman–Crippen LogP) is 2.31. The van der Waals surface area contributed by atoms with Gasteiger partial charge in [-0.15, -0.1) is 0 Å². The number of ether oxygens (including phenoxy) is 1. The first-order valence-corrected chi connectivity index (χ1v) is 9.29. The maximum atomic E-state index is 12.4. The van der Waals surface area contributed by atoms with Crippen LogP contribution >= 0.6 is 11.6 Å². The summed E-state index contributed by atoms with van der Waals surface area (Å²) in [5.41, 5.74) is 8.79. The molecule has 0 aliphatic carbocycles. The quantitative estimate of drug-likeness (QED) is 0.656.